The first-order chi connectivity index (χ1) is 16.2. The lowest BCUT2D eigenvalue weighted by atomic mass is 9.99. The maximum Gasteiger partial charge on any atom is 0.416 e. The zero-order valence-corrected chi connectivity index (χ0v) is 18.0. The lowest BCUT2D eigenvalue weighted by molar-refractivity contribution is -0.137. The van der Waals surface area contributed by atoms with Gasteiger partial charge in [-0.1, -0.05) is 42.5 Å². The highest BCUT2D eigenvalue weighted by atomic mass is 19.4. The van der Waals surface area contributed by atoms with Crippen LogP contribution in [0.3, 0.4) is 0 Å². The van der Waals surface area contributed by atoms with E-state index in [0.29, 0.717) is 22.5 Å². The van der Waals surface area contributed by atoms with Crippen LogP contribution in [0.4, 0.5) is 13.2 Å². The smallest absolute Gasteiger partial charge is 0.416 e. The zero-order valence-electron chi connectivity index (χ0n) is 18.0. The van der Waals surface area contributed by atoms with Crippen molar-refractivity contribution in [2.45, 2.75) is 19.0 Å². The van der Waals surface area contributed by atoms with E-state index in [4.69, 9.17) is 10.2 Å². The van der Waals surface area contributed by atoms with Gasteiger partial charge in [0.05, 0.1) is 5.56 Å². The van der Waals surface area contributed by atoms with Gasteiger partial charge in [-0.15, -0.1) is 0 Å². The molecule has 0 aliphatic heterocycles. The molecule has 0 aliphatic rings. The van der Waals surface area contributed by atoms with Crippen LogP contribution in [0.2, 0.25) is 0 Å². The first-order valence-corrected chi connectivity index (χ1v) is 10.6. The minimum absolute atomic E-state index is 0.0500. The van der Waals surface area contributed by atoms with Crippen molar-refractivity contribution in [2.75, 3.05) is 6.54 Å². The molecule has 5 nitrogen and oxygen atoms in total. The molecule has 1 heterocycles. The molecule has 0 atom stereocenters. The SMILES string of the molecule is NC(=O)CCNC(=O)c1cccc(-c2cccc3oc(Cc4cccc(C(F)(F)F)c4)cc23)c1. The van der Waals surface area contributed by atoms with Crippen LogP contribution in [-0.4, -0.2) is 18.4 Å². The molecule has 3 aromatic carbocycles. The number of rotatable bonds is 7. The maximum absolute atomic E-state index is 13.0. The van der Waals surface area contributed by atoms with Gasteiger partial charge in [-0.3, -0.25) is 9.59 Å². The highest BCUT2D eigenvalue weighted by Crippen LogP contribution is 2.33. The summed E-state index contributed by atoms with van der Waals surface area (Å²) in [7, 11) is 0. The molecule has 3 N–H and O–H groups in total. The van der Waals surface area contributed by atoms with Gasteiger partial charge in [0.25, 0.3) is 5.91 Å². The first-order valence-electron chi connectivity index (χ1n) is 10.6. The van der Waals surface area contributed by atoms with Gasteiger partial charge in [0, 0.05) is 30.3 Å². The molecule has 0 spiro atoms. The molecule has 2 amide bonds. The number of nitrogens with one attached hydrogen (secondary N) is 1. The summed E-state index contributed by atoms with van der Waals surface area (Å²) in [5, 5.41) is 3.44. The normalized spacial score (nSPS) is 11.5. The molecule has 0 aliphatic carbocycles. The molecular weight excluding hydrogens is 445 g/mol. The fourth-order valence-electron chi connectivity index (χ4n) is 3.74. The average molecular weight is 466 g/mol. The monoisotopic (exact) mass is 466 g/mol. The minimum atomic E-state index is -4.41. The molecule has 0 saturated carbocycles. The van der Waals surface area contributed by atoms with Crippen molar-refractivity contribution in [1.29, 1.82) is 0 Å². The number of primary amides is 1. The Labute approximate surface area is 193 Å². The van der Waals surface area contributed by atoms with Crippen molar-refractivity contribution >= 4 is 22.8 Å². The lowest BCUT2D eigenvalue weighted by Gasteiger charge is -2.07. The van der Waals surface area contributed by atoms with E-state index in [9.17, 15) is 22.8 Å². The highest BCUT2D eigenvalue weighted by Gasteiger charge is 2.30. The Morgan fingerprint density at radius 2 is 1.71 bits per heavy atom. The third-order valence-electron chi connectivity index (χ3n) is 5.34. The van der Waals surface area contributed by atoms with Crippen LogP contribution in [-0.2, 0) is 17.4 Å². The van der Waals surface area contributed by atoms with Gasteiger partial charge in [0.2, 0.25) is 5.91 Å². The van der Waals surface area contributed by atoms with Gasteiger partial charge in [-0.2, -0.15) is 13.2 Å². The molecule has 8 heteroatoms. The van der Waals surface area contributed by atoms with Crippen molar-refractivity contribution < 1.29 is 27.2 Å². The Kier molecular flexibility index (Phi) is 6.40. The van der Waals surface area contributed by atoms with Crippen LogP contribution >= 0.6 is 0 Å². The number of amides is 2. The summed E-state index contributed by atoms with van der Waals surface area (Å²) in [5.41, 5.74) is 7.50. The standard InChI is InChI=1S/C26H21F3N2O3/c27-26(28,29)19-7-1-4-16(12-19)13-20-15-22-21(8-3-9-23(22)34-20)17-5-2-6-18(14-17)25(33)31-11-10-24(30)32/h1-9,12,14-15H,10-11,13H2,(H2,30,32)(H,31,33). The van der Waals surface area contributed by atoms with E-state index in [1.807, 2.05) is 24.3 Å². The molecule has 0 radical (unpaired) electrons. The number of alkyl halides is 3. The van der Waals surface area contributed by atoms with Gasteiger partial charge < -0.3 is 15.5 Å². The number of nitrogens with two attached hydrogens (primary N) is 1. The van der Waals surface area contributed by atoms with Crippen LogP contribution in [0.1, 0.15) is 33.7 Å². The third-order valence-corrected chi connectivity index (χ3v) is 5.34. The van der Waals surface area contributed by atoms with Crippen LogP contribution in [0.15, 0.2) is 77.2 Å². The summed E-state index contributed by atoms with van der Waals surface area (Å²) in [5.74, 6) is -0.295. The average Bonchev–Trinajstić information content (AvgIpc) is 3.21. The van der Waals surface area contributed by atoms with Crippen molar-refractivity contribution in [3.8, 4) is 11.1 Å². The molecule has 34 heavy (non-hydrogen) atoms. The van der Waals surface area contributed by atoms with E-state index in [1.54, 1.807) is 30.3 Å². The summed E-state index contributed by atoms with van der Waals surface area (Å²) in [6.07, 6.45) is -4.15. The molecule has 4 aromatic rings. The predicted octanol–water partition coefficient (Wildman–Crippen LogP) is 5.31. The van der Waals surface area contributed by atoms with Gasteiger partial charge in [-0.05, 0) is 47.0 Å². The van der Waals surface area contributed by atoms with Crippen LogP contribution in [0, 0.1) is 0 Å². The second-order valence-electron chi connectivity index (χ2n) is 7.86. The fourth-order valence-corrected chi connectivity index (χ4v) is 3.74. The summed E-state index contributed by atoms with van der Waals surface area (Å²) in [6, 6.07) is 19.5. The summed E-state index contributed by atoms with van der Waals surface area (Å²) >= 11 is 0. The molecule has 0 fully saturated rings. The third kappa shape index (κ3) is 5.28. The Morgan fingerprint density at radius 1 is 0.941 bits per heavy atom. The summed E-state index contributed by atoms with van der Waals surface area (Å²) in [4.78, 5) is 23.3. The van der Waals surface area contributed by atoms with Crippen LogP contribution in [0.5, 0.6) is 0 Å². The number of carbonyl (C=O) groups is 2. The van der Waals surface area contributed by atoms with Gasteiger partial charge in [0.1, 0.15) is 11.3 Å². The fraction of sp³-hybridized carbons (Fsp3) is 0.154. The van der Waals surface area contributed by atoms with Crippen LogP contribution < -0.4 is 11.1 Å². The Bertz CT molecular complexity index is 1360. The molecule has 174 valence electrons. The number of hydrogen-bond donors (Lipinski definition) is 2. The predicted molar refractivity (Wildman–Crippen MR) is 122 cm³/mol. The summed E-state index contributed by atoms with van der Waals surface area (Å²) < 4.78 is 45.0. The van der Waals surface area contributed by atoms with E-state index in [1.165, 1.54) is 6.07 Å². The van der Waals surface area contributed by atoms with E-state index >= 15 is 0 Å². The van der Waals surface area contributed by atoms with Crippen molar-refractivity contribution in [2.24, 2.45) is 5.73 Å². The lowest BCUT2D eigenvalue weighted by Crippen LogP contribution is -2.27. The first kappa shape index (κ1) is 23.1. The number of carbonyl (C=O) groups excluding carboxylic acids is 2. The zero-order chi connectivity index (χ0) is 24.3. The number of fused-ring (bicyclic) bond motifs is 1. The second-order valence-corrected chi connectivity index (χ2v) is 7.86. The van der Waals surface area contributed by atoms with Crippen molar-refractivity contribution in [1.82, 2.24) is 5.32 Å². The number of halogens is 3. The Hall–Kier alpha value is -4.07. The van der Waals surface area contributed by atoms with Gasteiger partial charge >= 0.3 is 6.18 Å². The molecule has 0 bridgehead atoms. The van der Waals surface area contributed by atoms with Crippen molar-refractivity contribution in [3.63, 3.8) is 0 Å². The van der Waals surface area contributed by atoms with E-state index in [0.717, 1.165) is 28.6 Å². The number of benzene rings is 3. The Balaban J connectivity index is 1.61. The van der Waals surface area contributed by atoms with E-state index in [-0.39, 0.29) is 25.3 Å². The quantitative estimate of drug-likeness (QED) is 0.387. The number of furan rings is 1. The van der Waals surface area contributed by atoms with Gasteiger partial charge in [-0.25, -0.2) is 0 Å². The molecule has 4 rings (SSSR count). The maximum atomic E-state index is 13.0. The molecule has 0 unspecified atom stereocenters. The molecular formula is C26H21F3N2O3. The minimum Gasteiger partial charge on any atom is -0.461 e. The largest absolute Gasteiger partial charge is 0.461 e. The topological polar surface area (TPSA) is 85.3 Å². The van der Waals surface area contributed by atoms with Crippen molar-refractivity contribution in [3.05, 3.63) is 95.2 Å². The van der Waals surface area contributed by atoms with E-state index in [2.05, 4.69) is 5.32 Å². The second kappa shape index (κ2) is 9.43. The highest BCUT2D eigenvalue weighted by molar-refractivity contribution is 5.98. The molecule has 1 aromatic heterocycles. The molecule has 0 saturated heterocycles. The van der Waals surface area contributed by atoms with Crippen LogP contribution in [0.25, 0.3) is 22.1 Å². The summed E-state index contributed by atoms with van der Waals surface area (Å²) in [6.45, 7) is 0.147. The number of hydrogen-bond acceptors (Lipinski definition) is 3. The van der Waals surface area contributed by atoms with Gasteiger partial charge in [0.15, 0.2) is 0 Å². The Morgan fingerprint density at radius 3 is 2.47 bits per heavy atom. The van der Waals surface area contributed by atoms with E-state index < -0.39 is 17.6 Å².